The molecule has 1 aromatic carbocycles. The first-order valence-electron chi connectivity index (χ1n) is 3.36. The fourth-order valence-corrected chi connectivity index (χ4v) is 1.15. The fourth-order valence-electron chi connectivity index (χ4n) is 0.917. The minimum atomic E-state index is -1.24. The van der Waals surface area contributed by atoms with Crippen molar-refractivity contribution in [2.45, 2.75) is 0 Å². The number of benzene rings is 1. The minimum absolute atomic E-state index is 0.121. The first-order chi connectivity index (χ1) is 6.07. The van der Waals surface area contributed by atoms with Crippen LogP contribution in [0.1, 0.15) is 10.4 Å². The fraction of sp³-hybridized carbons (Fsp3) is 0.125. The topological polar surface area (TPSA) is 66.8 Å². The highest BCUT2D eigenvalue weighted by molar-refractivity contribution is 6.35. The molecule has 0 atom stereocenters. The minimum Gasteiger partial charge on any atom is -0.506 e. The van der Waals surface area contributed by atoms with Crippen LogP contribution in [0.25, 0.3) is 0 Å². The standard InChI is InChI=1S/C8H7ClO4/c1-13-5-3-2-4(10)7(9)6(5)8(11)12/h2-3,10H,1H3,(H,11,12). The number of ether oxygens (including phenoxy) is 1. The summed E-state index contributed by atoms with van der Waals surface area (Å²) in [5.74, 6) is -1.40. The van der Waals surface area contributed by atoms with Gasteiger partial charge in [0.15, 0.2) is 0 Å². The Labute approximate surface area is 79.3 Å². The molecule has 13 heavy (non-hydrogen) atoms. The summed E-state index contributed by atoms with van der Waals surface area (Å²) < 4.78 is 4.77. The largest absolute Gasteiger partial charge is 0.506 e. The lowest BCUT2D eigenvalue weighted by molar-refractivity contribution is 0.0693. The molecule has 0 aliphatic rings. The van der Waals surface area contributed by atoms with Gasteiger partial charge in [0.2, 0.25) is 0 Å². The van der Waals surface area contributed by atoms with E-state index in [0.717, 1.165) is 0 Å². The number of halogens is 1. The monoisotopic (exact) mass is 202 g/mol. The van der Waals surface area contributed by atoms with E-state index in [1.165, 1.54) is 19.2 Å². The zero-order valence-corrected chi connectivity index (χ0v) is 7.50. The Morgan fingerprint density at radius 2 is 2.15 bits per heavy atom. The van der Waals surface area contributed by atoms with E-state index in [1.54, 1.807) is 0 Å². The molecule has 0 spiro atoms. The van der Waals surface area contributed by atoms with E-state index in [1.807, 2.05) is 0 Å². The van der Waals surface area contributed by atoms with Crippen LogP contribution < -0.4 is 4.74 Å². The first-order valence-corrected chi connectivity index (χ1v) is 3.74. The van der Waals surface area contributed by atoms with Crippen LogP contribution in [0.3, 0.4) is 0 Å². The van der Waals surface area contributed by atoms with Crippen molar-refractivity contribution in [3.63, 3.8) is 0 Å². The molecule has 0 unspecified atom stereocenters. The first kappa shape index (κ1) is 9.67. The molecule has 4 nitrogen and oxygen atoms in total. The van der Waals surface area contributed by atoms with Crippen molar-refractivity contribution in [3.05, 3.63) is 22.7 Å². The van der Waals surface area contributed by atoms with Gasteiger partial charge in [-0.15, -0.1) is 0 Å². The molecule has 1 rings (SSSR count). The predicted molar refractivity (Wildman–Crippen MR) is 46.6 cm³/mol. The van der Waals surface area contributed by atoms with Crippen LogP contribution in [0, 0.1) is 0 Å². The predicted octanol–water partition coefficient (Wildman–Crippen LogP) is 1.75. The van der Waals surface area contributed by atoms with Crippen molar-refractivity contribution in [1.29, 1.82) is 0 Å². The van der Waals surface area contributed by atoms with Gasteiger partial charge in [0.25, 0.3) is 0 Å². The van der Waals surface area contributed by atoms with Crippen LogP contribution in [-0.4, -0.2) is 23.3 Å². The van der Waals surface area contributed by atoms with Crippen LogP contribution in [0.4, 0.5) is 0 Å². The number of phenolic OH excluding ortho intramolecular Hbond substituents is 1. The summed E-state index contributed by atoms with van der Waals surface area (Å²) in [4.78, 5) is 10.7. The Morgan fingerprint density at radius 1 is 1.54 bits per heavy atom. The second-order valence-corrected chi connectivity index (χ2v) is 2.66. The molecule has 1 aromatic rings. The summed E-state index contributed by atoms with van der Waals surface area (Å²) in [5, 5.41) is 17.6. The molecule has 0 aliphatic carbocycles. The number of carbonyl (C=O) groups is 1. The van der Waals surface area contributed by atoms with Gasteiger partial charge in [0.05, 0.1) is 7.11 Å². The van der Waals surface area contributed by atoms with Gasteiger partial charge < -0.3 is 14.9 Å². The van der Waals surface area contributed by atoms with Crippen molar-refractivity contribution >= 4 is 17.6 Å². The van der Waals surface area contributed by atoms with Crippen LogP contribution >= 0.6 is 11.6 Å². The van der Waals surface area contributed by atoms with Crippen molar-refractivity contribution in [2.75, 3.05) is 7.11 Å². The average molecular weight is 203 g/mol. The number of hydrogen-bond donors (Lipinski definition) is 2. The molecule has 0 bridgehead atoms. The summed E-state index contributed by atoms with van der Waals surface area (Å²) in [6.45, 7) is 0. The van der Waals surface area contributed by atoms with Crippen LogP contribution in [0.2, 0.25) is 5.02 Å². The summed E-state index contributed by atoms with van der Waals surface area (Å²) in [5.41, 5.74) is -0.232. The molecule has 70 valence electrons. The van der Waals surface area contributed by atoms with Gasteiger partial charge in [0.1, 0.15) is 22.1 Å². The van der Waals surface area contributed by atoms with Gasteiger partial charge in [-0.2, -0.15) is 0 Å². The van der Waals surface area contributed by atoms with Crippen molar-refractivity contribution in [3.8, 4) is 11.5 Å². The highest BCUT2D eigenvalue weighted by Gasteiger charge is 2.18. The Bertz CT molecular complexity index is 348. The number of carboxylic acid groups (broad SMARTS) is 1. The average Bonchev–Trinajstić information content (AvgIpc) is 2.08. The molecule has 0 saturated heterocycles. The normalized spacial score (nSPS) is 9.69. The molecule has 5 heteroatoms. The van der Waals surface area contributed by atoms with E-state index in [-0.39, 0.29) is 22.1 Å². The third kappa shape index (κ3) is 1.67. The number of aromatic hydroxyl groups is 1. The number of rotatable bonds is 2. The molecule has 0 amide bonds. The van der Waals surface area contributed by atoms with Crippen LogP contribution in [0.15, 0.2) is 12.1 Å². The number of hydrogen-bond acceptors (Lipinski definition) is 3. The summed E-state index contributed by atoms with van der Waals surface area (Å²) in [6.07, 6.45) is 0. The van der Waals surface area contributed by atoms with E-state index >= 15 is 0 Å². The molecule has 0 heterocycles. The molecule has 0 fully saturated rings. The summed E-state index contributed by atoms with van der Waals surface area (Å²) in [7, 11) is 1.33. The van der Waals surface area contributed by atoms with Gasteiger partial charge in [-0.1, -0.05) is 11.6 Å². The molecule has 0 saturated carbocycles. The number of phenols is 1. The molecule has 0 aromatic heterocycles. The van der Waals surface area contributed by atoms with Gasteiger partial charge in [-0.3, -0.25) is 0 Å². The number of carboxylic acids is 1. The number of aromatic carboxylic acids is 1. The maximum Gasteiger partial charge on any atom is 0.341 e. The maximum absolute atomic E-state index is 10.7. The zero-order chi connectivity index (χ0) is 10.0. The van der Waals surface area contributed by atoms with Crippen molar-refractivity contribution in [1.82, 2.24) is 0 Å². The van der Waals surface area contributed by atoms with Gasteiger partial charge >= 0.3 is 5.97 Å². The third-order valence-corrected chi connectivity index (χ3v) is 1.90. The van der Waals surface area contributed by atoms with Gasteiger partial charge in [0, 0.05) is 0 Å². The Balaban J connectivity index is 3.41. The smallest absolute Gasteiger partial charge is 0.341 e. The van der Waals surface area contributed by atoms with E-state index in [4.69, 9.17) is 26.6 Å². The molecule has 2 N–H and O–H groups in total. The van der Waals surface area contributed by atoms with E-state index in [2.05, 4.69) is 0 Å². The lowest BCUT2D eigenvalue weighted by Gasteiger charge is -2.06. The summed E-state index contributed by atoms with van der Waals surface area (Å²) >= 11 is 5.56. The van der Waals surface area contributed by atoms with Crippen molar-refractivity contribution in [2.24, 2.45) is 0 Å². The van der Waals surface area contributed by atoms with Crippen LogP contribution in [-0.2, 0) is 0 Å². The number of methoxy groups -OCH3 is 1. The molecular formula is C8H7ClO4. The Kier molecular flexibility index (Phi) is 2.63. The van der Waals surface area contributed by atoms with Gasteiger partial charge in [-0.25, -0.2) is 4.79 Å². The molecular weight excluding hydrogens is 196 g/mol. The SMILES string of the molecule is COc1ccc(O)c(Cl)c1C(=O)O. The van der Waals surface area contributed by atoms with E-state index in [9.17, 15) is 4.79 Å². The highest BCUT2D eigenvalue weighted by Crippen LogP contribution is 2.33. The second-order valence-electron chi connectivity index (χ2n) is 2.28. The highest BCUT2D eigenvalue weighted by atomic mass is 35.5. The Hall–Kier alpha value is -1.42. The zero-order valence-electron chi connectivity index (χ0n) is 6.74. The molecule has 0 aliphatic heterocycles. The van der Waals surface area contributed by atoms with Gasteiger partial charge in [-0.05, 0) is 12.1 Å². The van der Waals surface area contributed by atoms with Crippen LogP contribution in [0.5, 0.6) is 11.5 Å². The molecule has 0 radical (unpaired) electrons. The summed E-state index contributed by atoms with van der Waals surface area (Å²) in [6, 6.07) is 2.61. The quantitative estimate of drug-likeness (QED) is 0.767. The van der Waals surface area contributed by atoms with Crippen molar-refractivity contribution < 1.29 is 19.7 Å². The maximum atomic E-state index is 10.7. The van der Waals surface area contributed by atoms with E-state index < -0.39 is 5.97 Å². The lowest BCUT2D eigenvalue weighted by Crippen LogP contribution is -2.01. The lowest BCUT2D eigenvalue weighted by atomic mass is 10.2. The third-order valence-electron chi connectivity index (χ3n) is 1.52. The second kappa shape index (κ2) is 3.53. The Morgan fingerprint density at radius 3 is 2.62 bits per heavy atom. The van der Waals surface area contributed by atoms with E-state index in [0.29, 0.717) is 0 Å².